The van der Waals surface area contributed by atoms with Crippen LogP contribution in [-0.2, 0) is 20.9 Å². The fraction of sp³-hybridized carbons (Fsp3) is 0.172. The van der Waals surface area contributed by atoms with E-state index in [0.717, 1.165) is 10.5 Å². The fourth-order valence-electron chi connectivity index (χ4n) is 3.76. The molecule has 1 N–H and O–H groups in total. The smallest absolute Gasteiger partial charge is 0.338 e. The molecule has 1 aliphatic rings. The molecule has 0 spiro atoms. The number of imide groups is 2. The number of anilines is 1. The van der Waals surface area contributed by atoms with E-state index in [0.29, 0.717) is 30.3 Å². The number of rotatable bonds is 9. The van der Waals surface area contributed by atoms with Gasteiger partial charge in [0, 0.05) is 0 Å². The molecular formula is C29H26N2O7. The highest BCUT2D eigenvalue weighted by molar-refractivity contribution is 6.39. The molecule has 3 aromatic carbocycles. The molecule has 3 aromatic rings. The second-order valence-electron chi connectivity index (χ2n) is 8.14. The maximum absolute atomic E-state index is 13.2. The van der Waals surface area contributed by atoms with Gasteiger partial charge in [-0.1, -0.05) is 36.4 Å². The summed E-state index contributed by atoms with van der Waals surface area (Å²) in [6.07, 6.45) is 1.38. The molecule has 1 fully saturated rings. The van der Waals surface area contributed by atoms with E-state index in [1.165, 1.54) is 30.3 Å². The lowest BCUT2D eigenvalue weighted by atomic mass is 10.1. The first kappa shape index (κ1) is 26.2. The summed E-state index contributed by atoms with van der Waals surface area (Å²) in [5.41, 5.74) is 1.72. The lowest BCUT2D eigenvalue weighted by Crippen LogP contribution is -2.54. The summed E-state index contributed by atoms with van der Waals surface area (Å²) in [7, 11) is 0. The standard InChI is InChI=1S/C29H26N2O7/c1-3-36-25-17-20(10-15-24(25)38-18-19-8-6-5-7-9-19)16-23-26(32)30-29(35)31(27(23)33)22-13-11-21(12-14-22)28(34)37-4-2/h5-17H,3-4,18H2,1-2H3,(H,30,32,35)/b23-16+. The zero-order valence-corrected chi connectivity index (χ0v) is 20.9. The Labute approximate surface area is 219 Å². The Hall–Kier alpha value is -4.92. The number of nitrogens with one attached hydrogen (secondary N) is 1. The van der Waals surface area contributed by atoms with Crippen molar-refractivity contribution >= 4 is 35.6 Å². The molecule has 1 heterocycles. The van der Waals surface area contributed by atoms with Gasteiger partial charge in [0.15, 0.2) is 11.5 Å². The van der Waals surface area contributed by atoms with Gasteiger partial charge in [-0.05, 0) is 67.4 Å². The van der Waals surface area contributed by atoms with Crippen LogP contribution >= 0.6 is 0 Å². The topological polar surface area (TPSA) is 111 Å². The van der Waals surface area contributed by atoms with Crippen LogP contribution in [0.25, 0.3) is 6.08 Å². The van der Waals surface area contributed by atoms with Crippen LogP contribution < -0.4 is 19.7 Å². The second-order valence-corrected chi connectivity index (χ2v) is 8.14. The highest BCUT2D eigenvalue weighted by Crippen LogP contribution is 2.31. The quantitative estimate of drug-likeness (QED) is 0.254. The second kappa shape index (κ2) is 11.9. The van der Waals surface area contributed by atoms with E-state index in [1.54, 1.807) is 25.1 Å². The Morgan fingerprint density at radius 1 is 0.868 bits per heavy atom. The number of nitrogens with zero attached hydrogens (tertiary/aromatic N) is 1. The van der Waals surface area contributed by atoms with Gasteiger partial charge in [0.1, 0.15) is 12.2 Å². The summed E-state index contributed by atoms with van der Waals surface area (Å²) in [6, 6.07) is 19.6. The number of carbonyl (C=O) groups excluding carboxylic acids is 4. The Balaban J connectivity index is 1.58. The molecule has 0 saturated carbocycles. The zero-order chi connectivity index (χ0) is 27.1. The van der Waals surface area contributed by atoms with Crippen molar-refractivity contribution in [1.29, 1.82) is 0 Å². The highest BCUT2D eigenvalue weighted by atomic mass is 16.5. The summed E-state index contributed by atoms with van der Waals surface area (Å²) in [5, 5.41) is 2.19. The highest BCUT2D eigenvalue weighted by Gasteiger charge is 2.37. The third-order valence-corrected chi connectivity index (χ3v) is 5.55. The maximum Gasteiger partial charge on any atom is 0.338 e. The van der Waals surface area contributed by atoms with Crippen molar-refractivity contribution in [3.8, 4) is 11.5 Å². The van der Waals surface area contributed by atoms with Crippen molar-refractivity contribution in [3.63, 3.8) is 0 Å². The zero-order valence-electron chi connectivity index (χ0n) is 20.9. The van der Waals surface area contributed by atoms with Gasteiger partial charge in [0.05, 0.1) is 24.5 Å². The van der Waals surface area contributed by atoms with E-state index in [9.17, 15) is 19.2 Å². The first-order chi connectivity index (χ1) is 18.4. The van der Waals surface area contributed by atoms with Gasteiger partial charge in [-0.3, -0.25) is 14.9 Å². The average molecular weight is 515 g/mol. The Morgan fingerprint density at radius 3 is 2.29 bits per heavy atom. The lowest BCUT2D eigenvalue weighted by Gasteiger charge is -2.26. The molecule has 0 aromatic heterocycles. The summed E-state index contributed by atoms with van der Waals surface area (Å²) in [6.45, 7) is 4.46. The van der Waals surface area contributed by atoms with Crippen LogP contribution in [0, 0.1) is 0 Å². The molecule has 9 heteroatoms. The lowest BCUT2D eigenvalue weighted by molar-refractivity contribution is -0.122. The number of hydrogen-bond acceptors (Lipinski definition) is 7. The van der Waals surface area contributed by atoms with Crippen LogP contribution in [0.1, 0.15) is 35.3 Å². The van der Waals surface area contributed by atoms with Gasteiger partial charge >= 0.3 is 12.0 Å². The molecule has 9 nitrogen and oxygen atoms in total. The number of amides is 4. The molecule has 4 rings (SSSR count). The largest absolute Gasteiger partial charge is 0.490 e. The third-order valence-electron chi connectivity index (χ3n) is 5.55. The average Bonchev–Trinajstić information content (AvgIpc) is 2.92. The Kier molecular flexibility index (Phi) is 8.17. The van der Waals surface area contributed by atoms with Crippen LogP contribution in [0.5, 0.6) is 11.5 Å². The molecule has 4 amide bonds. The summed E-state index contributed by atoms with van der Waals surface area (Å²) >= 11 is 0. The third kappa shape index (κ3) is 5.89. The molecule has 1 aliphatic heterocycles. The SMILES string of the molecule is CCOC(=O)c1ccc(N2C(=O)NC(=O)/C(=C\c3ccc(OCc4ccccc4)c(OCC)c3)C2=O)cc1. The minimum absolute atomic E-state index is 0.193. The van der Waals surface area contributed by atoms with Gasteiger partial charge in [-0.2, -0.15) is 0 Å². The summed E-state index contributed by atoms with van der Waals surface area (Å²) in [5.74, 6) is -1.18. The van der Waals surface area contributed by atoms with Gasteiger partial charge in [-0.15, -0.1) is 0 Å². The van der Waals surface area contributed by atoms with Crippen molar-refractivity contribution in [2.24, 2.45) is 0 Å². The van der Waals surface area contributed by atoms with Crippen LogP contribution in [0.4, 0.5) is 10.5 Å². The predicted octanol–water partition coefficient (Wildman–Crippen LogP) is 4.51. The van der Waals surface area contributed by atoms with Crippen molar-refractivity contribution in [2.75, 3.05) is 18.1 Å². The minimum Gasteiger partial charge on any atom is -0.490 e. The van der Waals surface area contributed by atoms with E-state index >= 15 is 0 Å². The molecule has 0 aliphatic carbocycles. The van der Waals surface area contributed by atoms with E-state index in [4.69, 9.17) is 14.2 Å². The summed E-state index contributed by atoms with van der Waals surface area (Å²) < 4.78 is 16.6. The number of benzene rings is 3. The molecule has 0 bridgehead atoms. The van der Waals surface area contributed by atoms with Gasteiger partial charge in [0.25, 0.3) is 11.8 Å². The first-order valence-electron chi connectivity index (χ1n) is 12.0. The van der Waals surface area contributed by atoms with E-state index in [-0.39, 0.29) is 23.4 Å². The van der Waals surface area contributed by atoms with E-state index in [2.05, 4.69) is 5.32 Å². The van der Waals surface area contributed by atoms with E-state index in [1.807, 2.05) is 37.3 Å². The Bertz CT molecular complexity index is 1380. The summed E-state index contributed by atoms with van der Waals surface area (Å²) in [4.78, 5) is 51.1. The number of carbonyl (C=O) groups is 4. The molecule has 38 heavy (non-hydrogen) atoms. The van der Waals surface area contributed by atoms with Crippen molar-refractivity contribution in [1.82, 2.24) is 5.32 Å². The predicted molar refractivity (Wildman–Crippen MR) is 140 cm³/mol. The van der Waals surface area contributed by atoms with E-state index < -0.39 is 23.8 Å². The molecular weight excluding hydrogens is 488 g/mol. The van der Waals surface area contributed by atoms with Gasteiger partial charge < -0.3 is 14.2 Å². The van der Waals surface area contributed by atoms with Gasteiger partial charge in [-0.25, -0.2) is 14.5 Å². The fourth-order valence-corrected chi connectivity index (χ4v) is 3.76. The van der Waals surface area contributed by atoms with Crippen LogP contribution in [0.2, 0.25) is 0 Å². The van der Waals surface area contributed by atoms with Crippen molar-refractivity contribution < 1.29 is 33.4 Å². The van der Waals surface area contributed by atoms with Crippen LogP contribution in [-0.4, -0.2) is 37.0 Å². The maximum atomic E-state index is 13.2. The number of urea groups is 1. The molecule has 0 unspecified atom stereocenters. The molecule has 1 saturated heterocycles. The Morgan fingerprint density at radius 2 is 1.61 bits per heavy atom. The number of esters is 1. The molecule has 194 valence electrons. The van der Waals surface area contributed by atoms with Crippen LogP contribution in [0.3, 0.4) is 0 Å². The first-order valence-corrected chi connectivity index (χ1v) is 12.0. The van der Waals surface area contributed by atoms with Crippen molar-refractivity contribution in [2.45, 2.75) is 20.5 Å². The number of barbiturate groups is 1. The minimum atomic E-state index is -0.888. The van der Waals surface area contributed by atoms with Gasteiger partial charge in [0.2, 0.25) is 0 Å². The monoisotopic (exact) mass is 514 g/mol. The normalized spacial score (nSPS) is 14.3. The number of ether oxygens (including phenoxy) is 3. The number of hydrogen-bond donors (Lipinski definition) is 1. The molecule has 0 atom stereocenters. The van der Waals surface area contributed by atoms with Crippen LogP contribution in [0.15, 0.2) is 78.4 Å². The van der Waals surface area contributed by atoms with Crippen molar-refractivity contribution in [3.05, 3.63) is 95.1 Å². The molecule has 0 radical (unpaired) electrons.